The quantitative estimate of drug-likeness (QED) is 0.586. The van der Waals surface area contributed by atoms with E-state index in [9.17, 15) is 14.7 Å². The van der Waals surface area contributed by atoms with Crippen molar-refractivity contribution in [2.75, 3.05) is 32.2 Å². The number of fused-ring (bicyclic) bond motifs is 1. The summed E-state index contributed by atoms with van der Waals surface area (Å²) in [5.74, 6) is -0.394. The van der Waals surface area contributed by atoms with Crippen LogP contribution in [0.2, 0.25) is 0 Å². The van der Waals surface area contributed by atoms with E-state index in [1.165, 1.54) is 4.52 Å². The second kappa shape index (κ2) is 9.07. The molecular weight excluding hydrogens is 438 g/mol. The molecule has 34 heavy (non-hydrogen) atoms. The number of hydrogen-bond donors (Lipinski definition) is 3. The van der Waals surface area contributed by atoms with Gasteiger partial charge in [0, 0.05) is 39.0 Å². The molecule has 1 aliphatic carbocycles. The van der Waals surface area contributed by atoms with Gasteiger partial charge in [-0.15, -0.1) is 5.10 Å². The zero-order valence-electron chi connectivity index (χ0n) is 19.6. The fourth-order valence-electron chi connectivity index (χ4n) is 4.81. The summed E-state index contributed by atoms with van der Waals surface area (Å²) in [4.78, 5) is 26.3. The fourth-order valence-corrected chi connectivity index (χ4v) is 4.81. The van der Waals surface area contributed by atoms with E-state index in [-0.39, 0.29) is 28.7 Å². The Bertz CT molecular complexity index is 1170. The molecule has 184 valence electrons. The highest BCUT2D eigenvalue weighted by Crippen LogP contribution is 2.35. The van der Waals surface area contributed by atoms with Gasteiger partial charge in [0.05, 0.1) is 5.56 Å². The lowest BCUT2D eigenvalue weighted by Gasteiger charge is -2.34. The van der Waals surface area contributed by atoms with E-state index in [1.54, 1.807) is 4.57 Å². The van der Waals surface area contributed by atoms with E-state index in [2.05, 4.69) is 23.4 Å². The van der Waals surface area contributed by atoms with E-state index in [0.29, 0.717) is 50.1 Å². The number of nitrogens with zero attached hydrogens (tertiary/aromatic N) is 3. The maximum absolute atomic E-state index is 13.3. The van der Waals surface area contributed by atoms with Crippen molar-refractivity contribution in [3.8, 4) is 5.88 Å². The molecule has 3 fully saturated rings. The molecule has 0 bridgehead atoms. The Labute approximate surface area is 197 Å². The highest BCUT2D eigenvalue weighted by atomic mass is 16.5. The number of allylic oxidation sites excluding steroid dienone is 1. The lowest BCUT2D eigenvalue weighted by atomic mass is 9.82. The third kappa shape index (κ3) is 4.44. The standard InChI is InChI=1S/C24H33N5O5/c1-24(8-12-34-13-9-24)14-28-21-17(5-2-15-6-10-33-11-7-15)19(25)27-29(21)23(32)18(22(28)31)20(30)26-16-3-4-16/h2,5,15-16,31H,3-4,6-14H2,1H3,(H2,25,27)(H,26,30). The number of aromatic hydroxyl groups is 1. The number of hydrogen-bond acceptors (Lipinski definition) is 7. The van der Waals surface area contributed by atoms with Crippen LogP contribution in [-0.4, -0.2) is 57.7 Å². The molecule has 0 unspecified atom stereocenters. The number of nitrogens with one attached hydrogen (secondary N) is 1. The molecule has 1 amide bonds. The maximum atomic E-state index is 13.3. The Morgan fingerprint density at radius 2 is 1.88 bits per heavy atom. The van der Waals surface area contributed by atoms with E-state index in [0.717, 1.165) is 38.5 Å². The van der Waals surface area contributed by atoms with Crippen LogP contribution in [0.4, 0.5) is 5.82 Å². The van der Waals surface area contributed by atoms with Crippen LogP contribution >= 0.6 is 0 Å². The third-order valence-corrected chi connectivity index (χ3v) is 7.25. The molecule has 2 aromatic heterocycles. The normalized spacial score (nSPS) is 21.3. The van der Waals surface area contributed by atoms with Gasteiger partial charge in [0.25, 0.3) is 11.5 Å². The van der Waals surface area contributed by atoms with Crippen molar-refractivity contribution < 1.29 is 19.4 Å². The fraction of sp³-hybridized carbons (Fsp3) is 0.625. The number of amides is 1. The molecule has 3 aliphatic rings. The molecule has 1 saturated carbocycles. The number of carbonyl (C=O) groups excluding carboxylic acids is 1. The molecular formula is C24H33N5O5. The first-order valence-electron chi connectivity index (χ1n) is 12.1. The van der Waals surface area contributed by atoms with Gasteiger partial charge in [0.2, 0.25) is 5.88 Å². The number of rotatable bonds is 6. The third-order valence-electron chi connectivity index (χ3n) is 7.25. The second-order valence-electron chi connectivity index (χ2n) is 10.1. The van der Waals surface area contributed by atoms with E-state index < -0.39 is 11.5 Å². The molecule has 0 spiro atoms. The lowest BCUT2D eigenvalue weighted by Crippen LogP contribution is -2.36. The van der Waals surface area contributed by atoms with Crippen molar-refractivity contribution in [3.05, 3.63) is 27.6 Å². The van der Waals surface area contributed by atoms with Crippen LogP contribution in [0.25, 0.3) is 11.7 Å². The van der Waals surface area contributed by atoms with Crippen LogP contribution < -0.4 is 16.6 Å². The summed E-state index contributed by atoms with van der Waals surface area (Å²) in [6.07, 6.45) is 9.13. The zero-order valence-corrected chi connectivity index (χ0v) is 19.6. The molecule has 0 atom stereocenters. The minimum absolute atomic E-state index is 0.0455. The van der Waals surface area contributed by atoms with Gasteiger partial charge in [-0.05, 0) is 49.9 Å². The molecule has 0 aromatic carbocycles. The van der Waals surface area contributed by atoms with Crippen molar-refractivity contribution in [1.29, 1.82) is 0 Å². The molecule has 4 N–H and O–H groups in total. The van der Waals surface area contributed by atoms with Crippen LogP contribution in [0, 0.1) is 11.3 Å². The largest absolute Gasteiger partial charge is 0.494 e. The van der Waals surface area contributed by atoms with Gasteiger partial charge < -0.3 is 25.6 Å². The Hall–Kier alpha value is -2.85. The average Bonchev–Trinajstić information content (AvgIpc) is 3.57. The Morgan fingerprint density at radius 1 is 1.21 bits per heavy atom. The number of nitrogen functional groups attached to an aromatic ring is 1. The molecule has 2 aromatic rings. The Balaban J connectivity index is 1.64. The van der Waals surface area contributed by atoms with Crippen molar-refractivity contribution in [2.45, 2.75) is 58.0 Å². The summed E-state index contributed by atoms with van der Waals surface area (Å²) >= 11 is 0. The predicted molar refractivity (Wildman–Crippen MR) is 127 cm³/mol. The predicted octanol–water partition coefficient (Wildman–Crippen LogP) is 1.93. The molecule has 4 heterocycles. The van der Waals surface area contributed by atoms with Gasteiger partial charge in [-0.3, -0.25) is 14.2 Å². The molecule has 10 heteroatoms. The number of nitrogens with two attached hydrogens (primary N) is 1. The summed E-state index contributed by atoms with van der Waals surface area (Å²) in [7, 11) is 0. The van der Waals surface area contributed by atoms with Crippen LogP contribution in [0.3, 0.4) is 0 Å². The zero-order chi connectivity index (χ0) is 23.9. The van der Waals surface area contributed by atoms with Crippen molar-refractivity contribution in [2.24, 2.45) is 11.3 Å². The number of carbonyl (C=O) groups is 1. The van der Waals surface area contributed by atoms with Crippen LogP contribution in [0.15, 0.2) is 10.9 Å². The molecule has 0 radical (unpaired) electrons. The Morgan fingerprint density at radius 3 is 2.56 bits per heavy atom. The maximum Gasteiger partial charge on any atom is 0.291 e. The lowest BCUT2D eigenvalue weighted by molar-refractivity contribution is 0.0149. The summed E-state index contributed by atoms with van der Waals surface area (Å²) < 4.78 is 13.8. The van der Waals surface area contributed by atoms with E-state index >= 15 is 0 Å². The van der Waals surface area contributed by atoms with E-state index in [1.807, 2.05) is 6.08 Å². The summed E-state index contributed by atoms with van der Waals surface area (Å²) in [5, 5.41) is 18.4. The first-order chi connectivity index (χ1) is 16.4. The molecule has 2 saturated heterocycles. The molecule has 5 rings (SSSR count). The molecule has 2 aliphatic heterocycles. The minimum Gasteiger partial charge on any atom is -0.494 e. The van der Waals surface area contributed by atoms with Gasteiger partial charge in [0.1, 0.15) is 0 Å². The first-order valence-corrected chi connectivity index (χ1v) is 12.1. The van der Waals surface area contributed by atoms with Gasteiger partial charge in [-0.1, -0.05) is 19.1 Å². The summed E-state index contributed by atoms with van der Waals surface area (Å²) in [6.45, 7) is 5.21. The highest BCUT2D eigenvalue weighted by Gasteiger charge is 2.34. The van der Waals surface area contributed by atoms with E-state index in [4.69, 9.17) is 15.2 Å². The van der Waals surface area contributed by atoms with Gasteiger partial charge in [0.15, 0.2) is 17.0 Å². The first kappa shape index (κ1) is 22.9. The molecule has 10 nitrogen and oxygen atoms in total. The second-order valence-corrected chi connectivity index (χ2v) is 10.1. The highest BCUT2D eigenvalue weighted by molar-refractivity contribution is 5.97. The summed E-state index contributed by atoms with van der Waals surface area (Å²) in [6, 6.07) is 0.0455. The van der Waals surface area contributed by atoms with Crippen LogP contribution in [0.1, 0.15) is 61.4 Å². The smallest absolute Gasteiger partial charge is 0.291 e. The number of ether oxygens (including phenoxy) is 2. The van der Waals surface area contributed by atoms with Crippen molar-refractivity contribution in [1.82, 2.24) is 19.5 Å². The minimum atomic E-state index is -0.670. The number of anilines is 1. The van der Waals surface area contributed by atoms with Gasteiger partial charge in [-0.25, -0.2) is 0 Å². The SMILES string of the molecule is CC1(Cn2c(O)c(C(=O)NC3CC3)c(=O)n3nc(N)c(C=CC4CCOCC4)c23)CCOCC1. The van der Waals surface area contributed by atoms with Crippen molar-refractivity contribution in [3.63, 3.8) is 0 Å². The van der Waals surface area contributed by atoms with Crippen LogP contribution in [-0.2, 0) is 16.0 Å². The van der Waals surface area contributed by atoms with Gasteiger partial charge in [-0.2, -0.15) is 4.52 Å². The van der Waals surface area contributed by atoms with Gasteiger partial charge >= 0.3 is 0 Å². The van der Waals surface area contributed by atoms with Crippen molar-refractivity contribution >= 4 is 23.4 Å². The summed E-state index contributed by atoms with van der Waals surface area (Å²) in [5.41, 5.74) is 6.10. The Kier molecular flexibility index (Phi) is 6.11. The average molecular weight is 472 g/mol. The van der Waals surface area contributed by atoms with Crippen LogP contribution in [0.5, 0.6) is 5.88 Å². The number of aromatic nitrogens is 3. The monoisotopic (exact) mass is 471 g/mol. The topological polar surface area (TPSA) is 133 Å².